The Hall–Kier alpha value is -1.50. The third-order valence-electron chi connectivity index (χ3n) is 2.23. The molecule has 2 N–H and O–H groups in total. The lowest BCUT2D eigenvalue weighted by atomic mass is 10.2. The molecular weight excluding hydrogens is 218 g/mol. The van der Waals surface area contributed by atoms with Crippen LogP contribution in [0.15, 0.2) is 6.20 Å². The number of nitrogens with zero attached hydrogens (tertiary/aromatic N) is 2. The molecule has 0 saturated heterocycles. The fourth-order valence-electron chi connectivity index (χ4n) is 1.29. The van der Waals surface area contributed by atoms with Crippen LogP contribution in [-0.4, -0.2) is 32.6 Å². The number of aromatic nitrogens is 2. The predicted octanol–water partition coefficient (Wildman–Crippen LogP) is 0.131. The van der Waals surface area contributed by atoms with E-state index in [1.807, 2.05) is 0 Å². The summed E-state index contributed by atoms with van der Waals surface area (Å²) in [6, 6.07) is -0.778. The predicted molar refractivity (Wildman–Crippen MR) is 51.5 cm³/mol. The van der Waals surface area contributed by atoms with Crippen molar-refractivity contribution < 1.29 is 14.7 Å². The van der Waals surface area contributed by atoms with Crippen molar-refractivity contribution >= 4 is 23.4 Å². The number of amides is 1. The first-order valence-electron chi connectivity index (χ1n) is 4.49. The molecule has 1 aromatic heterocycles. The van der Waals surface area contributed by atoms with E-state index in [4.69, 9.17) is 5.11 Å². The van der Waals surface area contributed by atoms with Gasteiger partial charge >= 0.3 is 5.97 Å². The lowest BCUT2D eigenvalue weighted by Gasteiger charge is -2.11. The smallest absolute Gasteiger partial charge is 0.326 e. The summed E-state index contributed by atoms with van der Waals surface area (Å²) in [5, 5.41) is 14.9. The Morgan fingerprint density at radius 3 is 2.80 bits per heavy atom. The summed E-state index contributed by atoms with van der Waals surface area (Å²) in [6.45, 7) is 0. The highest BCUT2D eigenvalue weighted by atomic mass is 32.1. The van der Waals surface area contributed by atoms with E-state index in [-0.39, 0.29) is 5.92 Å². The highest BCUT2D eigenvalue weighted by Crippen LogP contribution is 2.32. The maximum atomic E-state index is 11.5. The minimum Gasteiger partial charge on any atom is -0.480 e. The first kappa shape index (κ1) is 10.0. The van der Waals surface area contributed by atoms with E-state index >= 15 is 0 Å². The first-order valence-corrected chi connectivity index (χ1v) is 5.27. The van der Waals surface area contributed by atoms with E-state index in [1.165, 1.54) is 6.20 Å². The fraction of sp³-hybridized carbons (Fsp3) is 0.500. The molecule has 1 atom stereocenters. The van der Waals surface area contributed by atoms with Crippen molar-refractivity contribution in [2.24, 2.45) is 5.92 Å². The number of rotatable bonds is 4. The lowest BCUT2D eigenvalue weighted by Crippen LogP contribution is -2.42. The summed E-state index contributed by atoms with van der Waals surface area (Å²) >= 11 is 0.951. The van der Waals surface area contributed by atoms with Crippen LogP contribution in [0.3, 0.4) is 0 Å². The van der Waals surface area contributed by atoms with Gasteiger partial charge in [-0.1, -0.05) is 4.49 Å². The van der Waals surface area contributed by atoms with Gasteiger partial charge in [-0.05, 0) is 30.3 Å². The molecule has 15 heavy (non-hydrogen) atoms. The Kier molecular flexibility index (Phi) is 2.63. The van der Waals surface area contributed by atoms with E-state index in [0.717, 1.165) is 24.4 Å². The van der Waals surface area contributed by atoms with Crippen LogP contribution >= 0.6 is 11.5 Å². The normalized spacial score (nSPS) is 17.1. The summed E-state index contributed by atoms with van der Waals surface area (Å²) < 4.78 is 3.54. The summed E-state index contributed by atoms with van der Waals surface area (Å²) in [4.78, 5) is 22.7. The quantitative estimate of drug-likeness (QED) is 0.762. The molecule has 80 valence electrons. The molecule has 0 aliphatic heterocycles. The van der Waals surface area contributed by atoms with Crippen LogP contribution in [0.4, 0.5) is 0 Å². The zero-order chi connectivity index (χ0) is 10.8. The number of carboxylic acids is 1. The van der Waals surface area contributed by atoms with Crippen molar-refractivity contribution in [2.75, 3.05) is 0 Å². The van der Waals surface area contributed by atoms with Crippen molar-refractivity contribution in [1.29, 1.82) is 0 Å². The van der Waals surface area contributed by atoms with Crippen LogP contribution in [0, 0.1) is 5.92 Å². The summed E-state index contributed by atoms with van der Waals surface area (Å²) in [6.07, 6.45) is 3.04. The van der Waals surface area contributed by atoms with Gasteiger partial charge in [-0.15, -0.1) is 5.10 Å². The Morgan fingerprint density at radius 1 is 1.60 bits per heavy atom. The second-order valence-electron chi connectivity index (χ2n) is 3.41. The van der Waals surface area contributed by atoms with Gasteiger partial charge in [0, 0.05) is 0 Å². The molecule has 0 aromatic carbocycles. The lowest BCUT2D eigenvalue weighted by molar-refractivity contribution is -0.139. The first-order chi connectivity index (χ1) is 7.18. The number of aliphatic carboxylic acids is 1. The van der Waals surface area contributed by atoms with Gasteiger partial charge in [0.2, 0.25) is 0 Å². The van der Waals surface area contributed by atoms with Crippen LogP contribution in [-0.2, 0) is 4.79 Å². The van der Waals surface area contributed by atoms with E-state index < -0.39 is 17.9 Å². The molecule has 0 radical (unpaired) electrons. The van der Waals surface area contributed by atoms with Crippen molar-refractivity contribution in [2.45, 2.75) is 18.9 Å². The van der Waals surface area contributed by atoms with Crippen LogP contribution in [0.1, 0.15) is 22.5 Å². The number of carbonyl (C=O) groups is 2. The Balaban J connectivity index is 2.00. The average molecular weight is 227 g/mol. The highest BCUT2D eigenvalue weighted by molar-refractivity contribution is 7.07. The van der Waals surface area contributed by atoms with Gasteiger partial charge in [0.05, 0.1) is 6.20 Å². The van der Waals surface area contributed by atoms with Gasteiger partial charge in [-0.25, -0.2) is 4.79 Å². The van der Waals surface area contributed by atoms with Crippen LogP contribution in [0.25, 0.3) is 0 Å². The molecule has 1 aliphatic rings. The number of nitrogens with one attached hydrogen (secondary N) is 1. The summed E-state index contributed by atoms with van der Waals surface area (Å²) in [5.41, 5.74) is 0. The summed E-state index contributed by atoms with van der Waals surface area (Å²) in [5.74, 6) is -1.32. The van der Waals surface area contributed by atoms with Gasteiger partial charge in [0.15, 0.2) is 0 Å². The fourth-order valence-corrected chi connectivity index (χ4v) is 1.71. The van der Waals surface area contributed by atoms with Crippen molar-refractivity contribution in [1.82, 2.24) is 14.9 Å². The van der Waals surface area contributed by atoms with Crippen LogP contribution < -0.4 is 5.32 Å². The van der Waals surface area contributed by atoms with E-state index in [2.05, 4.69) is 14.9 Å². The second-order valence-corrected chi connectivity index (χ2v) is 4.19. The van der Waals surface area contributed by atoms with Crippen molar-refractivity contribution in [3.05, 3.63) is 11.1 Å². The molecule has 0 spiro atoms. The molecule has 2 rings (SSSR count). The minimum absolute atomic E-state index is 0.0762. The second kappa shape index (κ2) is 3.93. The third-order valence-corrected chi connectivity index (χ3v) is 2.89. The van der Waals surface area contributed by atoms with E-state index in [0.29, 0.717) is 4.88 Å². The van der Waals surface area contributed by atoms with Gasteiger partial charge < -0.3 is 10.4 Å². The molecule has 7 heteroatoms. The zero-order valence-corrected chi connectivity index (χ0v) is 8.53. The van der Waals surface area contributed by atoms with Gasteiger partial charge in [0.1, 0.15) is 10.9 Å². The molecule has 1 saturated carbocycles. The summed E-state index contributed by atoms with van der Waals surface area (Å²) in [7, 11) is 0. The Bertz CT molecular complexity index is 374. The van der Waals surface area contributed by atoms with Crippen LogP contribution in [0.2, 0.25) is 0 Å². The largest absolute Gasteiger partial charge is 0.480 e. The van der Waals surface area contributed by atoms with Crippen LogP contribution in [0.5, 0.6) is 0 Å². The Morgan fingerprint density at radius 2 is 2.33 bits per heavy atom. The monoisotopic (exact) mass is 227 g/mol. The maximum Gasteiger partial charge on any atom is 0.326 e. The van der Waals surface area contributed by atoms with Crippen molar-refractivity contribution in [3.8, 4) is 0 Å². The average Bonchev–Trinajstić information content (AvgIpc) is 2.87. The number of carboxylic acid groups (broad SMARTS) is 1. The molecule has 1 aromatic rings. The van der Waals surface area contributed by atoms with Gasteiger partial charge in [-0.3, -0.25) is 4.79 Å². The zero-order valence-electron chi connectivity index (χ0n) is 7.71. The van der Waals surface area contributed by atoms with Gasteiger partial charge in [0.25, 0.3) is 5.91 Å². The molecule has 1 aliphatic carbocycles. The van der Waals surface area contributed by atoms with Gasteiger partial charge in [-0.2, -0.15) is 0 Å². The SMILES string of the molecule is O=C(NC(C(=O)O)C1CC1)c1cnns1. The minimum atomic E-state index is -0.983. The Labute approximate surface area is 89.5 Å². The molecule has 0 bridgehead atoms. The number of hydrogen-bond donors (Lipinski definition) is 2. The number of hydrogen-bond acceptors (Lipinski definition) is 5. The number of carbonyl (C=O) groups excluding carboxylic acids is 1. The van der Waals surface area contributed by atoms with E-state index in [9.17, 15) is 9.59 Å². The topological polar surface area (TPSA) is 92.2 Å². The molecule has 1 amide bonds. The maximum absolute atomic E-state index is 11.5. The highest BCUT2D eigenvalue weighted by Gasteiger charge is 2.37. The molecular formula is C8H9N3O3S. The third kappa shape index (κ3) is 2.30. The molecule has 6 nitrogen and oxygen atoms in total. The molecule has 1 unspecified atom stereocenters. The standard InChI is InChI=1S/C8H9N3O3S/c12-7(5-3-9-11-15-5)10-6(8(13)14)4-1-2-4/h3-4,6H,1-2H2,(H,10,12)(H,13,14). The molecule has 1 heterocycles. The molecule has 1 fully saturated rings. The van der Waals surface area contributed by atoms with Crippen molar-refractivity contribution in [3.63, 3.8) is 0 Å². The van der Waals surface area contributed by atoms with E-state index in [1.54, 1.807) is 0 Å².